The van der Waals surface area contributed by atoms with Gasteiger partial charge >= 0.3 is 0 Å². The van der Waals surface area contributed by atoms with E-state index in [0.717, 1.165) is 31.5 Å². The SMILES string of the molecule is Cc1ccc(NC(=O)CCNC2CCN(C(C)C)CC2)c(Cl)c1. The molecule has 0 atom stereocenters. The van der Waals surface area contributed by atoms with Crippen LogP contribution in [0.5, 0.6) is 0 Å². The Morgan fingerprint density at radius 2 is 2.04 bits per heavy atom. The van der Waals surface area contributed by atoms with Gasteiger partial charge in [0.05, 0.1) is 10.7 Å². The summed E-state index contributed by atoms with van der Waals surface area (Å²) >= 11 is 6.13. The van der Waals surface area contributed by atoms with Crippen LogP contribution >= 0.6 is 11.6 Å². The molecule has 1 aliphatic rings. The number of likely N-dealkylation sites (tertiary alicyclic amines) is 1. The Morgan fingerprint density at radius 1 is 1.35 bits per heavy atom. The molecule has 1 amide bonds. The van der Waals surface area contributed by atoms with Crippen molar-refractivity contribution in [3.8, 4) is 0 Å². The van der Waals surface area contributed by atoms with Crippen LogP contribution in [0.4, 0.5) is 5.69 Å². The lowest BCUT2D eigenvalue weighted by molar-refractivity contribution is -0.116. The number of amides is 1. The molecule has 4 nitrogen and oxygen atoms in total. The van der Waals surface area contributed by atoms with Crippen LogP contribution < -0.4 is 10.6 Å². The van der Waals surface area contributed by atoms with Gasteiger partial charge in [-0.2, -0.15) is 0 Å². The minimum Gasteiger partial charge on any atom is -0.325 e. The fourth-order valence-corrected chi connectivity index (χ4v) is 3.23. The predicted molar refractivity (Wildman–Crippen MR) is 97.2 cm³/mol. The Bertz CT molecular complexity index is 525. The van der Waals surface area contributed by atoms with E-state index in [0.29, 0.717) is 35.8 Å². The highest BCUT2D eigenvalue weighted by atomic mass is 35.5. The second-order valence-corrected chi connectivity index (χ2v) is 7.05. The molecule has 1 saturated heterocycles. The summed E-state index contributed by atoms with van der Waals surface area (Å²) in [7, 11) is 0. The average molecular weight is 338 g/mol. The van der Waals surface area contributed by atoms with Gasteiger partial charge in [-0.15, -0.1) is 0 Å². The van der Waals surface area contributed by atoms with Crippen molar-refractivity contribution in [2.45, 2.75) is 52.1 Å². The average Bonchev–Trinajstić information content (AvgIpc) is 2.50. The number of carbonyl (C=O) groups is 1. The Hall–Kier alpha value is -1.10. The molecule has 1 fully saturated rings. The van der Waals surface area contributed by atoms with Gasteiger partial charge in [0.15, 0.2) is 0 Å². The quantitative estimate of drug-likeness (QED) is 0.835. The number of aryl methyl sites for hydroxylation is 1. The van der Waals surface area contributed by atoms with Gasteiger partial charge in [0, 0.05) is 25.0 Å². The molecule has 5 heteroatoms. The highest BCUT2D eigenvalue weighted by Gasteiger charge is 2.20. The van der Waals surface area contributed by atoms with E-state index in [9.17, 15) is 4.79 Å². The van der Waals surface area contributed by atoms with E-state index < -0.39 is 0 Å². The van der Waals surface area contributed by atoms with Crippen LogP contribution in [0.2, 0.25) is 5.02 Å². The third kappa shape index (κ3) is 5.79. The van der Waals surface area contributed by atoms with Crippen LogP contribution in [0.25, 0.3) is 0 Å². The van der Waals surface area contributed by atoms with E-state index in [2.05, 4.69) is 29.4 Å². The number of rotatable bonds is 6. The predicted octanol–water partition coefficient (Wildman–Crippen LogP) is 3.44. The van der Waals surface area contributed by atoms with Gasteiger partial charge in [-0.25, -0.2) is 0 Å². The van der Waals surface area contributed by atoms with Gasteiger partial charge in [0.25, 0.3) is 0 Å². The van der Waals surface area contributed by atoms with Gasteiger partial charge in [0.1, 0.15) is 0 Å². The molecular weight excluding hydrogens is 310 g/mol. The summed E-state index contributed by atoms with van der Waals surface area (Å²) in [6.07, 6.45) is 2.78. The maximum absolute atomic E-state index is 12.0. The number of halogens is 1. The maximum atomic E-state index is 12.0. The highest BCUT2D eigenvalue weighted by molar-refractivity contribution is 6.33. The molecule has 2 rings (SSSR count). The van der Waals surface area contributed by atoms with Gasteiger partial charge in [-0.3, -0.25) is 4.79 Å². The first kappa shape index (κ1) is 18.2. The zero-order valence-electron chi connectivity index (χ0n) is 14.4. The van der Waals surface area contributed by atoms with Crippen molar-refractivity contribution in [2.75, 3.05) is 25.0 Å². The summed E-state index contributed by atoms with van der Waals surface area (Å²) in [6, 6.07) is 6.81. The number of nitrogens with zero attached hydrogens (tertiary/aromatic N) is 1. The monoisotopic (exact) mass is 337 g/mol. The molecule has 0 aromatic heterocycles. The van der Waals surface area contributed by atoms with E-state index in [4.69, 9.17) is 11.6 Å². The van der Waals surface area contributed by atoms with Gasteiger partial charge in [-0.1, -0.05) is 17.7 Å². The van der Waals surface area contributed by atoms with Crippen molar-refractivity contribution in [3.05, 3.63) is 28.8 Å². The molecule has 0 aliphatic carbocycles. The molecule has 0 radical (unpaired) electrons. The van der Waals surface area contributed by atoms with Crippen molar-refractivity contribution in [1.29, 1.82) is 0 Å². The van der Waals surface area contributed by atoms with Crippen LogP contribution in [0.3, 0.4) is 0 Å². The number of carbonyl (C=O) groups excluding carboxylic acids is 1. The molecule has 1 heterocycles. The third-order valence-electron chi connectivity index (χ3n) is 4.44. The second-order valence-electron chi connectivity index (χ2n) is 6.64. The first-order valence-corrected chi connectivity index (χ1v) is 8.87. The summed E-state index contributed by atoms with van der Waals surface area (Å²) < 4.78 is 0. The van der Waals surface area contributed by atoms with Gasteiger partial charge in [0.2, 0.25) is 5.91 Å². The van der Waals surface area contributed by atoms with E-state index in [1.165, 1.54) is 0 Å². The molecular formula is C18H28ClN3O. The lowest BCUT2D eigenvalue weighted by Crippen LogP contribution is -2.45. The third-order valence-corrected chi connectivity index (χ3v) is 4.76. The maximum Gasteiger partial charge on any atom is 0.225 e. The summed E-state index contributed by atoms with van der Waals surface area (Å²) in [4.78, 5) is 14.5. The Labute approximate surface area is 144 Å². The van der Waals surface area contributed by atoms with Crippen LogP contribution in [0.15, 0.2) is 18.2 Å². The number of anilines is 1. The zero-order chi connectivity index (χ0) is 16.8. The van der Waals surface area contributed by atoms with Gasteiger partial charge in [-0.05, 0) is 64.4 Å². The van der Waals surface area contributed by atoms with Crippen LogP contribution in [-0.4, -0.2) is 42.5 Å². The van der Waals surface area contributed by atoms with Crippen LogP contribution in [0.1, 0.15) is 38.7 Å². The van der Waals surface area contributed by atoms with Crippen molar-refractivity contribution >= 4 is 23.2 Å². The fraction of sp³-hybridized carbons (Fsp3) is 0.611. The molecule has 1 aromatic rings. The normalized spacial score (nSPS) is 16.7. The largest absolute Gasteiger partial charge is 0.325 e. The van der Waals surface area contributed by atoms with Crippen LogP contribution in [-0.2, 0) is 4.79 Å². The van der Waals surface area contributed by atoms with Crippen molar-refractivity contribution in [1.82, 2.24) is 10.2 Å². The van der Waals surface area contributed by atoms with Crippen LogP contribution in [0, 0.1) is 6.92 Å². The number of hydrogen-bond donors (Lipinski definition) is 2. The van der Waals surface area contributed by atoms with E-state index in [1.807, 2.05) is 25.1 Å². The molecule has 2 N–H and O–H groups in total. The lowest BCUT2D eigenvalue weighted by atomic mass is 10.0. The summed E-state index contributed by atoms with van der Waals surface area (Å²) in [5.41, 5.74) is 1.77. The second kappa shape index (κ2) is 8.67. The molecule has 0 bridgehead atoms. The van der Waals surface area contributed by atoms with Crippen molar-refractivity contribution in [2.24, 2.45) is 0 Å². The summed E-state index contributed by atoms with van der Waals surface area (Å²) in [5.74, 6) is 0.00266. The Balaban J connectivity index is 1.67. The molecule has 128 valence electrons. The van der Waals surface area contributed by atoms with Crippen molar-refractivity contribution < 1.29 is 4.79 Å². The minimum atomic E-state index is 0.00266. The zero-order valence-corrected chi connectivity index (χ0v) is 15.1. The molecule has 0 saturated carbocycles. The Kier molecular flexibility index (Phi) is 6.88. The van der Waals surface area contributed by atoms with E-state index in [1.54, 1.807) is 0 Å². The highest BCUT2D eigenvalue weighted by Crippen LogP contribution is 2.22. The van der Waals surface area contributed by atoms with Crippen molar-refractivity contribution in [3.63, 3.8) is 0 Å². The number of benzene rings is 1. The molecule has 1 aliphatic heterocycles. The van der Waals surface area contributed by atoms with E-state index >= 15 is 0 Å². The number of hydrogen-bond acceptors (Lipinski definition) is 3. The van der Waals surface area contributed by atoms with E-state index in [-0.39, 0.29) is 5.91 Å². The van der Waals surface area contributed by atoms with Gasteiger partial charge < -0.3 is 15.5 Å². The first-order valence-electron chi connectivity index (χ1n) is 8.49. The smallest absolute Gasteiger partial charge is 0.225 e. The first-order chi connectivity index (χ1) is 11.0. The molecule has 1 aromatic carbocycles. The summed E-state index contributed by atoms with van der Waals surface area (Å²) in [5, 5.41) is 6.97. The topological polar surface area (TPSA) is 44.4 Å². The minimum absolute atomic E-state index is 0.00266. The molecule has 0 unspecified atom stereocenters. The molecule has 23 heavy (non-hydrogen) atoms. The summed E-state index contributed by atoms with van der Waals surface area (Å²) in [6.45, 7) is 9.46. The number of nitrogens with one attached hydrogen (secondary N) is 2. The molecule has 0 spiro atoms. The standard InChI is InChI=1S/C18H28ClN3O/c1-13(2)22-10-7-15(8-11-22)20-9-6-18(23)21-17-5-4-14(3)12-16(17)19/h4-5,12-13,15,20H,6-11H2,1-3H3,(H,21,23). The number of piperidine rings is 1. The lowest BCUT2D eigenvalue weighted by Gasteiger charge is -2.35. The Morgan fingerprint density at radius 3 is 2.65 bits per heavy atom. The fourth-order valence-electron chi connectivity index (χ4n) is 2.94.